The van der Waals surface area contributed by atoms with E-state index in [4.69, 9.17) is 0 Å². The van der Waals surface area contributed by atoms with Gasteiger partial charge in [-0.05, 0) is 36.9 Å². The summed E-state index contributed by atoms with van der Waals surface area (Å²) in [7, 11) is 2.04. The molecule has 1 fully saturated rings. The van der Waals surface area contributed by atoms with E-state index in [-0.39, 0.29) is 11.9 Å². The number of aromatic nitrogens is 3. The van der Waals surface area contributed by atoms with Crippen LogP contribution in [0.3, 0.4) is 0 Å². The van der Waals surface area contributed by atoms with Crippen LogP contribution < -0.4 is 5.32 Å². The lowest BCUT2D eigenvalue weighted by Crippen LogP contribution is -2.57. The first kappa shape index (κ1) is 17.6. The predicted octanol–water partition coefficient (Wildman–Crippen LogP) is 3.34. The Morgan fingerprint density at radius 1 is 1.07 bits per heavy atom. The average molecular weight is 383 g/mol. The third kappa shape index (κ3) is 3.50. The summed E-state index contributed by atoms with van der Waals surface area (Å²) >= 11 is 0. The molecule has 5 rings (SSSR count). The molecule has 1 aromatic carbocycles. The van der Waals surface area contributed by atoms with Crippen LogP contribution in [-0.4, -0.2) is 51.9 Å². The molecule has 0 aliphatic carbocycles. The van der Waals surface area contributed by atoms with E-state index in [9.17, 15) is 4.79 Å². The lowest BCUT2D eigenvalue weighted by atomic mass is 10.1. The molecule has 1 amide bonds. The number of nitrogens with zero attached hydrogens (tertiary/aromatic N) is 3. The van der Waals surface area contributed by atoms with Gasteiger partial charge in [0.25, 0.3) is 5.91 Å². The fourth-order valence-electron chi connectivity index (χ4n) is 3.70. The monoisotopic (exact) mass is 383 g/mol. The smallest absolute Gasteiger partial charge is 0.270 e. The normalized spacial score (nSPS) is 14.7. The Morgan fingerprint density at radius 2 is 1.90 bits per heavy atom. The van der Waals surface area contributed by atoms with Gasteiger partial charge in [-0.2, -0.15) is 0 Å². The molecule has 144 valence electrons. The molecule has 0 unspecified atom stereocenters. The van der Waals surface area contributed by atoms with Gasteiger partial charge >= 0.3 is 0 Å². The number of rotatable bonds is 4. The Labute approximate surface area is 168 Å². The first-order chi connectivity index (χ1) is 14.2. The Bertz CT molecular complexity index is 1180. The predicted molar refractivity (Wildman–Crippen MR) is 114 cm³/mol. The fraction of sp³-hybridized carbons (Fsp3) is 0.174. The van der Waals surface area contributed by atoms with Crippen LogP contribution in [0, 0.1) is 0 Å². The molecule has 0 atom stereocenters. The summed E-state index contributed by atoms with van der Waals surface area (Å²) in [5, 5.41) is 4.04. The van der Waals surface area contributed by atoms with Gasteiger partial charge < -0.3 is 15.2 Å². The number of benzene rings is 1. The minimum Gasteiger partial charge on any atom is -0.345 e. The second-order valence-corrected chi connectivity index (χ2v) is 7.51. The maximum Gasteiger partial charge on any atom is 0.270 e. The van der Waals surface area contributed by atoms with E-state index < -0.39 is 0 Å². The number of carbonyl (C=O) groups is 1. The van der Waals surface area contributed by atoms with Crippen molar-refractivity contribution in [2.45, 2.75) is 6.04 Å². The second kappa shape index (κ2) is 7.14. The molecule has 0 radical (unpaired) electrons. The van der Waals surface area contributed by atoms with Crippen molar-refractivity contribution in [2.24, 2.45) is 0 Å². The van der Waals surface area contributed by atoms with Gasteiger partial charge in [-0.3, -0.25) is 4.79 Å². The summed E-state index contributed by atoms with van der Waals surface area (Å²) in [5.74, 6) is -0.132. The highest BCUT2D eigenvalue weighted by Gasteiger charge is 2.25. The van der Waals surface area contributed by atoms with E-state index in [1.807, 2.05) is 37.4 Å². The molecule has 1 aliphatic heterocycles. The molecule has 29 heavy (non-hydrogen) atoms. The van der Waals surface area contributed by atoms with Crippen molar-refractivity contribution in [2.75, 3.05) is 20.1 Å². The van der Waals surface area contributed by atoms with Crippen molar-refractivity contribution < 1.29 is 4.79 Å². The van der Waals surface area contributed by atoms with E-state index in [1.54, 1.807) is 12.3 Å². The topological polar surface area (TPSA) is 73.9 Å². The zero-order valence-corrected chi connectivity index (χ0v) is 16.1. The van der Waals surface area contributed by atoms with E-state index in [1.165, 1.54) is 0 Å². The summed E-state index contributed by atoms with van der Waals surface area (Å²) in [5.41, 5.74) is 5.02. The third-order valence-electron chi connectivity index (χ3n) is 5.23. The van der Waals surface area contributed by atoms with Gasteiger partial charge in [-0.1, -0.05) is 36.4 Å². The number of aromatic amines is 1. The Morgan fingerprint density at radius 3 is 2.69 bits per heavy atom. The first-order valence-electron chi connectivity index (χ1n) is 9.67. The highest BCUT2D eigenvalue weighted by atomic mass is 16.2. The molecule has 2 N–H and O–H groups in total. The van der Waals surface area contributed by atoms with Gasteiger partial charge in [0.1, 0.15) is 11.3 Å². The highest BCUT2D eigenvalue weighted by molar-refractivity contribution is 5.93. The molecule has 1 saturated heterocycles. The van der Waals surface area contributed by atoms with Crippen LogP contribution in [-0.2, 0) is 0 Å². The second-order valence-electron chi connectivity index (χ2n) is 7.51. The van der Waals surface area contributed by atoms with Crippen molar-refractivity contribution in [3.8, 4) is 22.5 Å². The van der Waals surface area contributed by atoms with Crippen molar-refractivity contribution in [1.82, 2.24) is 25.2 Å². The number of likely N-dealkylation sites (tertiary alicyclic amines) is 1. The van der Waals surface area contributed by atoms with Crippen molar-refractivity contribution >= 4 is 16.9 Å². The molecule has 4 aromatic rings. The van der Waals surface area contributed by atoms with E-state index in [0.29, 0.717) is 5.69 Å². The van der Waals surface area contributed by atoms with Gasteiger partial charge in [-0.25, -0.2) is 9.97 Å². The lowest BCUT2D eigenvalue weighted by Gasteiger charge is -2.36. The summed E-state index contributed by atoms with van der Waals surface area (Å²) in [6, 6.07) is 20.0. The summed E-state index contributed by atoms with van der Waals surface area (Å²) in [4.78, 5) is 27.1. The Hall–Kier alpha value is -3.51. The average Bonchev–Trinajstić information content (AvgIpc) is 3.17. The molecule has 6 heteroatoms. The van der Waals surface area contributed by atoms with Crippen LogP contribution in [0.5, 0.6) is 0 Å². The minimum absolute atomic E-state index is 0.132. The zero-order chi connectivity index (χ0) is 19.8. The van der Waals surface area contributed by atoms with Crippen molar-refractivity contribution in [3.63, 3.8) is 0 Å². The summed E-state index contributed by atoms with van der Waals surface area (Å²) in [6.07, 6.45) is 1.79. The zero-order valence-electron chi connectivity index (χ0n) is 16.1. The molecular weight excluding hydrogens is 362 g/mol. The maximum atomic E-state index is 12.5. The molecule has 0 bridgehead atoms. The van der Waals surface area contributed by atoms with Gasteiger partial charge in [-0.15, -0.1) is 0 Å². The minimum atomic E-state index is -0.132. The number of amides is 1. The van der Waals surface area contributed by atoms with Crippen molar-refractivity contribution in [1.29, 1.82) is 0 Å². The number of hydrogen-bond donors (Lipinski definition) is 2. The van der Waals surface area contributed by atoms with Crippen LogP contribution in [0.2, 0.25) is 0 Å². The number of fused-ring (bicyclic) bond motifs is 1. The number of H-pyrrole nitrogens is 1. The lowest BCUT2D eigenvalue weighted by molar-refractivity contribution is 0.0853. The standard InChI is InChI=1S/C23H21N5O/c1-28-13-18(14-28)25-23(29)20-9-5-8-19(26-20)17-10-16-11-21(27-22(16)24-12-17)15-6-3-2-4-7-15/h2-12,18H,13-14H2,1H3,(H,24,27)(H,25,29). The van der Waals surface area contributed by atoms with Crippen LogP contribution >= 0.6 is 0 Å². The Balaban J connectivity index is 1.42. The molecule has 0 saturated carbocycles. The Kier molecular flexibility index (Phi) is 4.33. The van der Waals surface area contributed by atoms with E-state index in [2.05, 4.69) is 49.4 Å². The number of carbonyl (C=O) groups excluding carboxylic acids is 1. The fourth-order valence-corrected chi connectivity index (χ4v) is 3.70. The van der Waals surface area contributed by atoms with Crippen LogP contribution in [0.1, 0.15) is 10.5 Å². The number of nitrogens with one attached hydrogen (secondary N) is 2. The largest absolute Gasteiger partial charge is 0.345 e. The molecule has 0 spiro atoms. The molecule has 4 heterocycles. The number of hydrogen-bond acceptors (Lipinski definition) is 4. The summed E-state index contributed by atoms with van der Waals surface area (Å²) < 4.78 is 0. The quantitative estimate of drug-likeness (QED) is 0.567. The van der Waals surface area contributed by atoms with Gasteiger partial charge in [0.05, 0.1) is 11.7 Å². The highest BCUT2D eigenvalue weighted by Crippen LogP contribution is 2.26. The number of likely N-dealkylation sites (N-methyl/N-ethyl adjacent to an activating group) is 1. The SMILES string of the molecule is CN1CC(NC(=O)c2cccc(-c3cnc4[nH]c(-c5ccccc5)cc4c3)n2)C1. The van der Waals surface area contributed by atoms with Crippen molar-refractivity contribution in [3.05, 3.63) is 72.6 Å². The molecule has 3 aromatic heterocycles. The van der Waals surface area contributed by atoms with Gasteiger partial charge in [0.2, 0.25) is 0 Å². The van der Waals surface area contributed by atoms with Gasteiger partial charge in [0, 0.05) is 35.9 Å². The van der Waals surface area contributed by atoms with Crippen LogP contribution in [0.4, 0.5) is 0 Å². The van der Waals surface area contributed by atoms with Crippen LogP contribution in [0.25, 0.3) is 33.5 Å². The van der Waals surface area contributed by atoms with Gasteiger partial charge in [0.15, 0.2) is 0 Å². The molecule has 1 aliphatic rings. The summed E-state index contributed by atoms with van der Waals surface area (Å²) in [6.45, 7) is 1.76. The third-order valence-corrected chi connectivity index (χ3v) is 5.23. The van der Waals surface area contributed by atoms with E-state index >= 15 is 0 Å². The van der Waals surface area contributed by atoms with E-state index in [0.717, 1.165) is 46.6 Å². The first-order valence-corrected chi connectivity index (χ1v) is 9.67. The van der Waals surface area contributed by atoms with Crippen LogP contribution in [0.15, 0.2) is 66.9 Å². The maximum absolute atomic E-state index is 12.5. The molecular formula is C23H21N5O. The molecule has 6 nitrogen and oxygen atoms in total. The number of pyridine rings is 2.